The summed E-state index contributed by atoms with van der Waals surface area (Å²) < 4.78 is 0. The molecule has 0 bridgehead atoms. The van der Waals surface area contributed by atoms with Crippen LogP contribution in [0.3, 0.4) is 0 Å². The molecule has 1 fully saturated rings. The number of piperidine rings is 1. The molecule has 2 rings (SSSR count). The largest absolute Gasteiger partial charge is 0.351 e. The summed E-state index contributed by atoms with van der Waals surface area (Å²) in [6, 6.07) is 10.3. The molecule has 2 atom stereocenters. The van der Waals surface area contributed by atoms with E-state index in [9.17, 15) is 4.79 Å². The first-order chi connectivity index (χ1) is 8.20. The van der Waals surface area contributed by atoms with Crippen LogP contribution in [-0.4, -0.2) is 23.5 Å². The van der Waals surface area contributed by atoms with Gasteiger partial charge >= 0.3 is 6.03 Å². The average Bonchev–Trinajstić information content (AvgIpc) is 2.39. The molecule has 0 spiro atoms. The lowest BCUT2D eigenvalue weighted by atomic mass is 9.87. The highest BCUT2D eigenvalue weighted by molar-refractivity contribution is 5.72. The summed E-state index contributed by atoms with van der Waals surface area (Å²) >= 11 is 0. The maximum absolute atomic E-state index is 11.4. The zero-order valence-corrected chi connectivity index (χ0v) is 10.3. The summed E-state index contributed by atoms with van der Waals surface area (Å²) in [5, 5.41) is 0. The van der Waals surface area contributed by atoms with Gasteiger partial charge in [-0.3, -0.25) is 0 Å². The number of hydrogen-bond acceptors (Lipinski definition) is 1. The lowest BCUT2D eigenvalue weighted by molar-refractivity contribution is 0.147. The van der Waals surface area contributed by atoms with Gasteiger partial charge in [-0.05, 0) is 24.8 Å². The molecule has 2 N–H and O–H groups in total. The summed E-state index contributed by atoms with van der Waals surface area (Å²) in [6.45, 7) is 2.98. The summed E-state index contributed by atoms with van der Waals surface area (Å²) in [7, 11) is 0. The molecular weight excluding hydrogens is 212 g/mol. The third-order valence-electron chi connectivity index (χ3n) is 3.73. The van der Waals surface area contributed by atoms with E-state index in [1.54, 1.807) is 0 Å². The third-order valence-corrected chi connectivity index (χ3v) is 3.73. The van der Waals surface area contributed by atoms with E-state index in [1.807, 2.05) is 23.1 Å². The van der Waals surface area contributed by atoms with Crippen LogP contribution in [0.25, 0.3) is 0 Å². The Kier molecular flexibility index (Phi) is 3.67. The van der Waals surface area contributed by atoms with Crippen LogP contribution in [0.4, 0.5) is 4.79 Å². The second-order valence-electron chi connectivity index (χ2n) is 4.79. The lowest BCUT2D eigenvalue weighted by Crippen LogP contribution is -2.48. The molecule has 1 aliphatic rings. The van der Waals surface area contributed by atoms with Crippen molar-refractivity contribution in [2.45, 2.75) is 38.1 Å². The van der Waals surface area contributed by atoms with Crippen LogP contribution < -0.4 is 5.73 Å². The number of amides is 2. The molecule has 0 aromatic heterocycles. The van der Waals surface area contributed by atoms with Crippen molar-refractivity contribution < 1.29 is 4.79 Å². The third kappa shape index (κ3) is 2.60. The predicted molar refractivity (Wildman–Crippen MR) is 68.8 cm³/mol. The fourth-order valence-corrected chi connectivity index (χ4v) is 2.73. The number of nitrogens with two attached hydrogens (primary N) is 1. The maximum atomic E-state index is 11.4. The van der Waals surface area contributed by atoms with Crippen molar-refractivity contribution >= 4 is 6.03 Å². The summed E-state index contributed by atoms with van der Waals surface area (Å²) in [5.41, 5.74) is 6.74. The highest BCUT2D eigenvalue weighted by Gasteiger charge is 2.30. The number of primary amides is 1. The van der Waals surface area contributed by atoms with E-state index in [0.29, 0.717) is 5.92 Å². The van der Waals surface area contributed by atoms with Gasteiger partial charge in [-0.25, -0.2) is 4.79 Å². The van der Waals surface area contributed by atoms with E-state index in [2.05, 4.69) is 19.1 Å². The zero-order chi connectivity index (χ0) is 12.3. The van der Waals surface area contributed by atoms with Crippen molar-refractivity contribution in [1.82, 2.24) is 4.90 Å². The van der Waals surface area contributed by atoms with Gasteiger partial charge in [0.2, 0.25) is 0 Å². The minimum Gasteiger partial charge on any atom is -0.351 e. The van der Waals surface area contributed by atoms with Crippen LogP contribution >= 0.6 is 0 Å². The maximum Gasteiger partial charge on any atom is 0.315 e. The first-order valence-electron chi connectivity index (χ1n) is 6.31. The van der Waals surface area contributed by atoms with Gasteiger partial charge in [0.05, 0.1) is 0 Å². The number of rotatable bonds is 2. The molecule has 2 unspecified atom stereocenters. The van der Waals surface area contributed by atoms with Crippen LogP contribution in [-0.2, 0) is 0 Å². The Bertz CT molecular complexity index is 377. The SMILES string of the molecule is CC(c1ccccc1)C1CCCCN1C(N)=O. The molecule has 0 saturated carbocycles. The van der Waals surface area contributed by atoms with Crippen molar-refractivity contribution in [2.75, 3.05) is 6.54 Å². The summed E-state index contributed by atoms with van der Waals surface area (Å²) in [5.74, 6) is 0.351. The van der Waals surface area contributed by atoms with Crippen molar-refractivity contribution in [3.8, 4) is 0 Å². The number of carbonyl (C=O) groups is 1. The average molecular weight is 232 g/mol. The molecule has 1 aromatic rings. The van der Waals surface area contributed by atoms with E-state index in [-0.39, 0.29) is 12.1 Å². The number of benzene rings is 1. The van der Waals surface area contributed by atoms with Gasteiger partial charge in [-0.1, -0.05) is 37.3 Å². The smallest absolute Gasteiger partial charge is 0.315 e. The second-order valence-corrected chi connectivity index (χ2v) is 4.79. The molecule has 17 heavy (non-hydrogen) atoms. The number of urea groups is 1. The van der Waals surface area contributed by atoms with E-state index >= 15 is 0 Å². The molecule has 0 radical (unpaired) electrons. The van der Waals surface area contributed by atoms with Crippen LogP contribution in [0.1, 0.15) is 37.7 Å². The van der Waals surface area contributed by atoms with Gasteiger partial charge in [-0.15, -0.1) is 0 Å². The van der Waals surface area contributed by atoms with Crippen LogP contribution in [0, 0.1) is 0 Å². The number of nitrogens with zero attached hydrogens (tertiary/aromatic N) is 1. The van der Waals surface area contributed by atoms with Crippen LogP contribution in [0.15, 0.2) is 30.3 Å². The molecule has 92 valence electrons. The Morgan fingerprint density at radius 1 is 1.35 bits per heavy atom. The molecule has 1 heterocycles. The highest BCUT2D eigenvalue weighted by atomic mass is 16.2. The quantitative estimate of drug-likeness (QED) is 0.837. The van der Waals surface area contributed by atoms with E-state index in [0.717, 1.165) is 19.4 Å². The number of hydrogen-bond donors (Lipinski definition) is 1. The fraction of sp³-hybridized carbons (Fsp3) is 0.500. The molecule has 3 heteroatoms. The van der Waals surface area contributed by atoms with E-state index in [1.165, 1.54) is 12.0 Å². The topological polar surface area (TPSA) is 46.3 Å². The molecule has 1 aromatic carbocycles. The van der Waals surface area contributed by atoms with Crippen molar-refractivity contribution in [2.24, 2.45) is 5.73 Å². The Balaban J connectivity index is 2.16. The van der Waals surface area contributed by atoms with E-state index < -0.39 is 0 Å². The minimum absolute atomic E-state index is 0.253. The van der Waals surface area contributed by atoms with E-state index in [4.69, 9.17) is 5.73 Å². The van der Waals surface area contributed by atoms with Gasteiger partial charge in [0.25, 0.3) is 0 Å². The van der Waals surface area contributed by atoms with Crippen LogP contribution in [0.2, 0.25) is 0 Å². The molecule has 1 saturated heterocycles. The molecule has 3 nitrogen and oxygen atoms in total. The minimum atomic E-state index is -0.280. The Morgan fingerprint density at radius 2 is 2.06 bits per heavy atom. The number of carbonyl (C=O) groups excluding carboxylic acids is 1. The lowest BCUT2D eigenvalue weighted by Gasteiger charge is -2.38. The molecular formula is C14H20N2O. The normalized spacial score (nSPS) is 22.2. The van der Waals surface area contributed by atoms with Gasteiger partial charge in [-0.2, -0.15) is 0 Å². The Morgan fingerprint density at radius 3 is 2.71 bits per heavy atom. The first-order valence-corrected chi connectivity index (χ1v) is 6.31. The Hall–Kier alpha value is -1.51. The van der Waals surface area contributed by atoms with Gasteiger partial charge in [0, 0.05) is 18.5 Å². The summed E-state index contributed by atoms with van der Waals surface area (Å²) in [6.07, 6.45) is 3.31. The first kappa shape index (κ1) is 12.0. The fourth-order valence-electron chi connectivity index (χ4n) is 2.73. The van der Waals surface area contributed by atoms with Crippen molar-refractivity contribution in [3.63, 3.8) is 0 Å². The number of likely N-dealkylation sites (tertiary alicyclic amines) is 1. The molecule has 0 aliphatic carbocycles. The van der Waals surface area contributed by atoms with Gasteiger partial charge in [0.1, 0.15) is 0 Å². The molecule has 1 aliphatic heterocycles. The second kappa shape index (κ2) is 5.21. The monoisotopic (exact) mass is 232 g/mol. The van der Waals surface area contributed by atoms with Gasteiger partial charge in [0.15, 0.2) is 0 Å². The van der Waals surface area contributed by atoms with Crippen molar-refractivity contribution in [1.29, 1.82) is 0 Å². The predicted octanol–water partition coefficient (Wildman–Crippen LogP) is 2.72. The Labute approximate surface area is 103 Å². The summed E-state index contributed by atoms with van der Waals surface area (Å²) in [4.78, 5) is 13.3. The van der Waals surface area contributed by atoms with Crippen molar-refractivity contribution in [3.05, 3.63) is 35.9 Å². The zero-order valence-electron chi connectivity index (χ0n) is 10.3. The van der Waals surface area contributed by atoms with Crippen LogP contribution in [0.5, 0.6) is 0 Å². The molecule has 2 amide bonds. The van der Waals surface area contributed by atoms with Gasteiger partial charge < -0.3 is 10.6 Å². The standard InChI is InChI=1S/C14H20N2O/c1-11(12-7-3-2-4-8-12)13-9-5-6-10-16(13)14(15)17/h2-4,7-8,11,13H,5-6,9-10H2,1H3,(H2,15,17). The highest BCUT2D eigenvalue weighted by Crippen LogP contribution is 2.29.